The van der Waals surface area contributed by atoms with Gasteiger partial charge in [-0.2, -0.15) is 4.98 Å². The number of rotatable bonds is 7. The summed E-state index contributed by atoms with van der Waals surface area (Å²) in [5.41, 5.74) is 2.74. The molecule has 0 bridgehead atoms. The molecule has 0 aliphatic carbocycles. The zero-order chi connectivity index (χ0) is 14.3. The van der Waals surface area contributed by atoms with Gasteiger partial charge in [0.2, 0.25) is 5.88 Å². The Labute approximate surface area is 114 Å². The lowest BCUT2D eigenvalue weighted by Crippen LogP contribution is -2.14. The maximum absolute atomic E-state index is 5.64. The van der Waals surface area contributed by atoms with Crippen LogP contribution in [0.4, 0.5) is 5.82 Å². The van der Waals surface area contributed by atoms with Crippen LogP contribution in [-0.2, 0) is 11.3 Å². The molecule has 0 spiro atoms. The molecule has 0 aliphatic rings. The van der Waals surface area contributed by atoms with Gasteiger partial charge in [0.15, 0.2) is 5.82 Å². The number of hydrogen-bond donors (Lipinski definition) is 2. The quantitative estimate of drug-likeness (QED) is 0.582. The van der Waals surface area contributed by atoms with Gasteiger partial charge in [0.1, 0.15) is 12.4 Å². The summed E-state index contributed by atoms with van der Waals surface area (Å²) in [5.74, 6) is 6.98. The molecular formula is C13H24N4O2. The number of hydrogen-bond acceptors (Lipinski definition) is 6. The number of hydrazine groups is 1. The van der Waals surface area contributed by atoms with E-state index in [0.717, 1.165) is 6.42 Å². The first kappa shape index (κ1) is 15.7. The maximum atomic E-state index is 5.64. The van der Waals surface area contributed by atoms with Crippen LogP contribution < -0.4 is 16.0 Å². The predicted octanol–water partition coefficient (Wildman–Crippen LogP) is 2.11. The standard InChI is InChI=1S/C13H24N4O2/c1-5-18-9-11-15-10(17-14)8-12(16-11)19-7-6-13(2,3)4/h8H,5-7,9,14H2,1-4H3,(H,15,16,17). The lowest BCUT2D eigenvalue weighted by Gasteiger charge is -2.18. The Hall–Kier alpha value is -1.40. The normalized spacial score (nSPS) is 11.4. The Bertz CT molecular complexity index is 391. The SMILES string of the molecule is CCOCc1nc(NN)cc(OCCC(C)(C)C)n1. The third-order valence-corrected chi connectivity index (χ3v) is 2.43. The molecule has 0 saturated heterocycles. The Balaban J connectivity index is 2.65. The maximum Gasteiger partial charge on any atom is 0.218 e. The van der Waals surface area contributed by atoms with Crippen LogP contribution in [0, 0.1) is 5.41 Å². The van der Waals surface area contributed by atoms with Crippen molar-refractivity contribution >= 4 is 5.82 Å². The molecule has 19 heavy (non-hydrogen) atoms. The topological polar surface area (TPSA) is 82.3 Å². The first-order valence-corrected chi connectivity index (χ1v) is 6.49. The fourth-order valence-corrected chi connectivity index (χ4v) is 1.34. The fraction of sp³-hybridized carbons (Fsp3) is 0.692. The molecule has 108 valence electrons. The Morgan fingerprint density at radius 2 is 2.05 bits per heavy atom. The zero-order valence-electron chi connectivity index (χ0n) is 12.2. The van der Waals surface area contributed by atoms with Crippen molar-refractivity contribution in [1.29, 1.82) is 0 Å². The molecule has 0 radical (unpaired) electrons. The molecule has 0 amide bonds. The summed E-state index contributed by atoms with van der Waals surface area (Å²) >= 11 is 0. The number of aromatic nitrogens is 2. The Kier molecular flexibility index (Phi) is 5.98. The molecule has 0 aromatic carbocycles. The minimum absolute atomic E-state index is 0.232. The molecule has 0 fully saturated rings. The van der Waals surface area contributed by atoms with Gasteiger partial charge in [0.25, 0.3) is 0 Å². The molecule has 1 aromatic rings. The second kappa shape index (κ2) is 7.25. The second-order valence-electron chi connectivity index (χ2n) is 5.45. The zero-order valence-corrected chi connectivity index (χ0v) is 12.2. The molecule has 6 heteroatoms. The highest BCUT2D eigenvalue weighted by Crippen LogP contribution is 2.20. The predicted molar refractivity (Wildman–Crippen MR) is 74.7 cm³/mol. The van der Waals surface area contributed by atoms with Crippen LogP contribution in [0.3, 0.4) is 0 Å². The van der Waals surface area contributed by atoms with E-state index in [9.17, 15) is 0 Å². The van der Waals surface area contributed by atoms with E-state index in [1.165, 1.54) is 0 Å². The summed E-state index contributed by atoms with van der Waals surface area (Å²) in [7, 11) is 0. The average Bonchev–Trinajstić information content (AvgIpc) is 2.34. The van der Waals surface area contributed by atoms with E-state index in [1.54, 1.807) is 6.07 Å². The van der Waals surface area contributed by atoms with Crippen molar-refractivity contribution in [2.45, 2.75) is 40.7 Å². The van der Waals surface area contributed by atoms with Crippen LogP contribution in [0.1, 0.15) is 39.9 Å². The van der Waals surface area contributed by atoms with E-state index < -0.39 is 0 Å². The van der Waals surface area contributed by atoms with Gasteiger partial charge in [0, 0.05) is 12.7 Å². The molecule has 0 unspecified atom stereocenters. The number of anilines is 1. The number of nitrogen functional groups attached to an aromatic ring is 1. The van der Waals surface area contributed by atoms with Gasteiger partial charge < -0.3 is 14.9 Å². The van der Waals surface area contributed by atoms with Gasteiger partial charge in [-0.25, -0.2) is 10.8 Å². The molecule has 1 heterocycles. The van der Waals surface area contributed by atoms with E-state index in [4.69, 9.17) is 15.3 Å². The van der Waals surface area contributed by atoms with Gasteiger partial charge in [-0.05, 0) is 18.8 Å². The average molecular weight is 268 g/mol. The van der Waals surface area contributed by atoms with Crippen molar-refractivity contribution in [1.82, 2.24) is 9.97 Å². The molecule has 0 saturated carbocycles. The van der Waals surface area contributed by atoms with Crippen molar-refractivity contribution in [3.63, 3.8) is 0 Å². The fourth-order valence-electron chi connectivity index (χ4n) is 1.34. The summed E-state index contributed by atoms with van der Waals surface area (Å²) in [4.78, 5) is 8.48. The van der Waals surface area contributed by atoms with Gasteiger partial charge in [-0.1, -0.05) is 20.8 Å². The van der Waals surface area contributed by atoms with E-state index in [2.05, 4.69) is 36.2 Å². The molecular weight excluding hydrogens is 244 g/mol. The molecule has 0 atom stereocenters. The Morgan fingerprint density at radius 3 is 2.63 bits per heavy atom. The van der Waals surface area contributed by atoms with Crippen molar-refractivity contribution < 1.29 is 9.47 Å². The van der Waals surface area contributed by atoms with Crippen LogP contribution in [0.5, 0.6) is 5.88 Å². The number of nitrogens with one attached hydrogen (secondary N) is 1. The number of nitrogens with zero attached hydrogens (tertiary/aromatic N) is 2. The summed E-state index contributed by atoms with van der Waals surface area (Å²) in [6, 6.07) is 1.68. The summed E-state index contributed by atoms with van der Waals surface area (Å²) in [6.07, 6.45) is 0.948. The molecule has 1 aromatic heterocycles. The molecule has 1 rings (SSSR count). The van der Waals surface area contributed by atoms with Crippen LogP contribution in [0.25, 0.3) is 0 Å². The number of nitrogens with two attached hydrogens (primary N) is 1. The van der Waals surface area contributed by atoms with Crippen LogP contribution in [-0.4, -0.2) is 23.2 Å². The highest BCUT2D eigenvalue weighted by atomic mass is 16.5. The van der Waals surface area contributed by atoms with Crippen molar-refractivity contribution in [3.8, 4) is 5.88 Å². The van der Waals surface area contributed by atoms with E-state index >= 15 is 0 Å². The van der Waals surface area contributed by atoms with Gasteiger partial charge in [-0.15, -0.1) is 0 Å². The van der Waals surface area contributed by atoms with Crippen LogP contribution in [0.2, 0.25) is 0 Å². The summed E-state index contributed by atoms with van der Waals surface area (Å²) < 4.78 is 10.9. The van der Waals surface area contributed by atoms with Crippen LogP contribution >= 0.6 is 0 Å². The van der Waals surface area contributed by atoms with Crippen molar-refractivity contribution in [3.05, 3.63) is 11.9 Å². The van der Waals surface area contributed by atoms with E-state index in [-0.39, 0.29) is 5.41 Å². The highest BCUT2D eigenvalue weighted by molar-refractivity contribution is 5.36. The second-order valence-corrected chi connectivity index (χ2v) is 5.45. The smallest absolute Gasteiger partial charge is 0.218 e. The molecule has 3 N–H and O–H groups in total. The first-order valence-electron chi connectivity index (χ1n) is 6.49. The number of ether oxygens (including phenoxy) is 2. The third-order valence-electron chi connectivity index (χ3n) is 2.43. The van der Waals surface area contributed by atoms with Crippen molar-refractivity contribution in [2.75, 3.05) is 18.6 Å². The third kappa shape index (κ3) is 6.35. The summed E-state index contributed by atoms with van der Waals surface area (Å²) in [5, 5.41) is 0. The highest BCUT2D eigenvalue weighted by Gasteiger charge is 2.11. The van der Waals surface area contributed by atoms with Gasteiger partial charge in [0.05, 0.1) is 6.61 Å². The van der Waals surface area contributed by atoms with Crippen molar-refractivity contribution in [2.24, 2.45) is 11.3 Å². The first-order chi connectivity index (χ1) is 8.94. The van der Waals surface area contributed by atoms with Crippen LogP contribution in [0.15, 0.2) is 6.07 Å². The Morgan fingerprint density at radius 1 is 1.32 bits per heavy atom. The lowest BCUT2D eigenvalue weighted by molar-refractivity contribution is 0.127. The molecule has 6 nitrogen and oxygen atoms in total. The summed E-state index contributed by atoms with van der Waals surface area (Å²) in [6.45, 7) is 10.0. The van der Waals surface area contributed by atoms with E-state index in [0.29, 0.717) is 37.3 Å². The minimum atomic E-state index is 0.232. The van der Waals surface area contributed by atoms with Gasteiger partial charge >= 0.3 is 0 Å². The lowest BCUT2D eigenvalue weighted by atomic mass is 9.93. The largest absolute Gasteiger partial charge is 0.478 e. The molecule has 0 aliphatic heterocycles. The minimum Gasteiger partial charge on any atom is -0.478 e. The van der Waals surface area contributed by atoms with Gasteiger partial charge in [-0.3, -0.25) is 0 Å². The monoisotopic (exact) mass is 268 g/mol. The van der Waals surface area contributed by atoms with E-state index in [1.807, 2.05) is 6.92 Å².